The van der Waals surface area contributed by atoms with Crippen molar-refractivity contribution >= 4 is 5.91 Å². The van der Waals surface area contributed by atoms with Gasteiger partial charge in [0.25, 0.3) is 0 Å². The van der Waals surface area contributed by atoms with Gasteiger partial charge in [-0.1, -0.05) is 25.5 Å². The van der Waals surface area contributed by atoms with Crippen molar-refractivity contribution in [2.75, 3.05) is 7.11 Å². The van der Waals surface area contributed by atoms with Gasteiger partial charge in [0.05, 0.1) is 19.2 Å². The topological polar surface area (TPSA) is 64.4 Å². The number of nitrogens with two attached hydrogens (primary N) is 1. The summed E-state index contributed by atoms with van der Waals surface area (Å²) in [6.45, 7) is 3.95. The Morgan fingerprint density at radius 2 is 2.22 bits per heavy atom. The molecule has 3 N–H and O–H groups in total. The van der Waals surface area contributed by atoms with Crippen molar-refractivity contribution in [2.45, 2.75) is 38.8 Å². The van der Waals surface area contributed by atoms with Crippen molar-refractivity contribution in [1.82, 2.24) is 5.32 Å². The minimum atomic E-state index is -0.428. The monoisotopic (exact) mass is 250 g/mol. The van der Waals surface area contributed by atoms with Gasteiger partial charge in [0.1, 0.15) is 5.75 Å². The molecule has 0 aliphatic heterocycles. The molecule has 1 aromatic carbocycles. The molecule has 100 valence electrons. The minimum Gasteiger partial charge on any atom is -0.497 e. The highest BCUT2D eigenvalue weighted by Gasteiger charge is 2.15. The smallest absolute Gasteiger partial charge is 0.237 e. The summed E-state index contributed by atoms with van der Waals surface area (Å²) in [4.78, 5) is 11.8. The summed E-state index contributed by atoms with van der Waals surface area (Å²) in [5.74, 6) is 0.679. The van der Waals surface area contributed by atoms with Gasteiger partial charge in [-0.3, -0.25) is 4.79 Å². The molecule has 0 saturated carbocycles. The molecule has 2 atom stereocenters. The van der Waals surface area contributed by atoms with Crippen molar-refractivity contribution in [1.29, 1.82) is 0 Å². The first-order chi connectivity index (χ1) is 8.58. The van der Waals surface area contributed by atoms with Crippen LogP contribution in [0.25, 0.3) is 0 Å². The molecule has 0 aliphatic carbocycles. The third kappa shape index (κ3) is 4.04. The number of carbonyl (C=O) groups is 1. The zero-order valence-electron chi connectivity index (χ0n) is 11.3. The van der Waals surface area contributed by atoms with E-state index in [1.165, 1.54) is 0 Å². The van der Waals surface area contributed by atoms with Gasteiger partial charge in [-0.05, 0) is 31.0 Å². The number of hydrogen-bond donors (Lipinski definition) is 2. The molecule has 0 heterocycles. The van der Waals surface area contributed by atoms with Crippen molar-refractivity contribution < 1.29 is 9.53 Å². The molecule has 1 aromatic rings. The van der Waals surface area contributed by atoms with Gasteiger partial charge in [0.15, 0.2) is 0 Å². The van der Waals surface area contributed by atoms with Crippen LogP contribution in [0, 0.1) is 0 Å². The summed E-state index contributed by atoms with van der Waals surface area (Å²) in [7, 11) is 1.62. The maximum Gasteiger partial charge on any atom is 0.237 e. The van der Waals surface area contributed by atoms with E-state index >= 15 is 0 Å². The standard InChI is InChI=1S/C14H22N2O2/c1-4-6-13(15)14(17)16-10(2)11-7-5-8-12(9-11)18-3/h5,7-10,13H,4,6,15H2,1-3H3,(H,16,17). The van der Waals surface area contributed by atoms with Crippen molar-refractivity contribution in [2.24, 2.45) is 5.73 Å². The van der Waals surface area contributed by atoms with E-state index in [9.17, 15) is 4.79 Å². The Labute approximate surface area is 109 Å². The molecular formula is C14H22N2O2. The van der Waals surface area contributed by atoms with Gasteiger partial charge in [-0.15, -0.1) is 0 Å². The first-order valence-electron chi connectivity index (χ1n) is 6.28. The second kappa shape index (κ2) is 7.01. The van der Waals surface area contributed by atoms with Gasteiger partial charge in [0, 0.05) is 0 Å². The fourth-order valence-electron chi connectivity index (χ4n) is 1.76. The molecule has 0 fully saturated rings. The molecule has 4 nitrogen and oxygen atoms in total. The quantitative estimate of drug-likeness (QED) is 0.811. The number of methoxy groups -OCH3 is 1. The third-order valence-corrected chi connectivity index (χ3v) is 2.89. The van der Waals surface area contributed by atoms with Gasteiger partial charge >= 0.3 is 0 Å². The average molecular weight is 250 g/mol. The lowest BCUT2D eigenvalue weighted by Crippen LogP contribution is -2.41. The first kappa shape index (κ1) is 14.5. The number of amides is 1. The fraction of sp³-hybridized carbons (Fsp3) is 0.500. The van der Waals surface area contributed by atoms with Crippen LogP contribution in [0.5, 0.6) is 5.75 Å². The van der Waals surface area contributed by atoms with E-state index in [2.05, 4.69) is 5.32 Å². The molecule has 2 unspecified atom stereocenters. The largest absolute Gasteiger partial charge is 0.497 e. The lowest BCUT2D eigenvalue weighted by Gasteiger charge is -2.18. The van der Waals surface area contributed by atoms with Crippen LogP contribution in [0.4, 0.5) is 0 Å². The van der Waals surface area contributed by atoms with E-state index < -0.39 is 6.04 Å². The van der Waals surface area contributed by atoms with Gasteiger partial charge in [-0.2, -0.15) is 0 Å². The van der Waals surface area contributed by atoms with Crippen LogP contribution in [0.2, 0.25) is 0 Å². The van der Waals surface area contributed by atoms with Crippen LogP contribution >= 0.6 is 0 Å². The number of nitrogens with one attached hydrogen (secondary N) is 1. The van der Waals surface area contributed by atoms with Crippen LogP contribution in [0.1, 0.15) is 38.3 Å². The molecule has 4 heteroatoms. The predicted molar refractivity (Wildman–Crippen MR) is 72.4 cm³/mol. The van der Waals surface area contributed by atoms with E-state index in [4.69, 9.17) is 10.5 Å². The van der Waals surface area contributed by atoms with Crippen molar-refractivity contribution in [3.05, 3.63) is 29.8 Å². The molecule has 0 aliphatic rings. The molecule has 1 rings (SSSR count). The maximum atomic E-state index is 11.8. The Morgan fingerprint density at radius 1 is 1.50 bits per heavy atom. The molecular weight excluding hydrogens is 228 g/mol. The molecule has 1 amide bonds. The number of benzene rings is 1. The van der Waals surface area contributed by atoms with Crippen LogP contribution in [-0.4, -0.2) is 19.1 Å². The summed E-state index contributed by atoms with van der Waals surface area (Å²) in [6, 6.07) is 7.15. The summed E-state index contributed by atoms with van der Waals surface area (Å²) in [5, 5.41) is 2.91. The summed E-state index contributed by atoms with van der Waals surface area (Å²) in [6.07, 6.45) is 1.61. The average Bonchev–Trinajstić information content (AvgIpc) is 2.39. The molecule has 0 radical (unpaired) electrons. The Hall–Kier alpha value is -1.55. The predicted octanol–water partition coefficient (Wildman–Crippen LogP) is 2.00. The molecule has 18 heavy (non-hydrogen) atoms. The SMILES string of the molecule is CCCC(N)C(=O)NC(C)c1cccc(OC)c1. The number of hydrogen-bond acceptors (Lipinski definition) is 3. The van der Waals surface area contributed by atoms with Crippen LogP contribution in [0.3, 0.4) is 0 Å². The lowest BCUT2D eigenvalue weighted by molar-refractivity contribution is -0.123. The summed E-state index contributed by atoms with van der Waals surface area (Å²) < 4.78 is 5.16. The molecule has 0 spiro atoms. The Morgan fingerprint density at radius 3 is 2.83 bits per heavy atom. The maximum absolute atomic E-state index is 11.8. The number of ether oxygens (including phenoxy) is 1. The second-order valence-electron chi connectivity index (χ2n) is 4.40. The summed E-state index contributed by atoms with van der Waals surface area (Å²) >= 11 is 0. The summed E-state index contributed by atoms with van der Waals surface area (Å²) in [5.41, 5.74) is 6.78. The highest BCUT2D eigenvalue weighted by atomic mass is 16.5. The highest BCUT2D eigenvalue weighted by molar-refractivity contribution is 5.81. The normalized spacial score (nSPS) is 13.8. The zero-order chi connectivity index (χ0) is 13.5. The molecule has 0 bridgehead atoms. The van der Waals surface area contributed by atoms with E-state index in [1.807, 2.05) is 38.1 Å². The van der Waals surface area contributed by atoms with Crippen LogP contribution in [-0.2, 0) is 4.79 Å². The highest BCUT2D eigenvalue weighted by Crippen LogP contribution is 2.18. The van der Waals surface area contributed by atoms with Gasteiger partial charge in [0.2, 0.25) is 5.91 Å². The van der Waals surface area contributed by atoms with Gasteiger partial charge < -0.3 is 15.8 Å². The Bertz CT molecular complexity index is 393. The van der Waals surface area contributed by atoms with Crippen molar-refractivity contribution in [3.63, 3.8) is 0 Å². The van der Waals surface area contributed by atoms with Gasteiger partial charge in [-0.25, -0.2) is 0 Å². The molecule has 0 aromatic heterocycles. The van der Waals surface area contributed by atoms with Crippen LogP contribution < -0.4 is 15.8 Å². The zero-order valence-corrected chi connectivity index (χ0v) is 11.3. The lowest BCUT2D eigenvalue weighted by atomic mass is 10.1. The molecule has 0 saturated heterocycles. The Balaban J connectivity index is 2.64. The van der Waals surface area contributed by atoms with E-state index in [0.717, 1.165) is 17.7 Å². The number of carbonyl (C=O) groups excluding carboxylic acids is 1. The third-order valence-electron chi connectivity index (χ3n) is 2.89. The number of rotatable bonds is 6. The van der Waals surface area contributed by atoms with E-state index in [-0.39, 0.29) is 11.9 Å². The van der Waals surface area contributed by atoms with E-state index in [0.29, 0.717) is 6.42 Å². The van der Waals surface area contributed by atoms with E-state index in [1.54, 1.807) is 7.11 Å². The van der Waals surface area contributed by atoms with Crippen molar-refractivity contribution in [3.8, 4) is 5.75 Å². The second-order valence-corrected chi connectivity index (χ2v) is 4.40. The minimum absolute atomic E-state index is 0.0736. The first-order valence-corrected chi connectivity index (χ1v) is 6.28. The fourth-order valence-corrected chi connectivity index (χ4v) is 1.76. The Kier molecular flexibility index (Phi) is 5.65. The van der Waals surface area contributed by atoms with Crippen LogP contribution in [0.15, 0.2) is 24.3 Å².